The third kappa shape index (κ3) is 3.55. The summed E-state index contributed by atoms with van der Waals surface area (Å²) >= 11 is 1.66. The smallest absolute Gasteiger partial charge is 0.355 e. The molecule has 0 unspecified atom stereocenters. The Bertz CT molecular complexity index is 671. The molecule has 0 aliphatic heterocycles. The van der Waals surface area contributed by atoms with Gasteiger partial charge in [0.15, 0.2) is 0 Å². The van der Waals surface area contributed by atoms with Gasteiger partial charge in [0.05, 0.1) is 0 Å². The zero-order valence-electron chi connectivity index (χ0n) is 13.4. The summed E-state index contributed by atoms with van der Waals surface area (Å²) in [4.78, 5) is 0. The number of aryl methyl sites for hydroxylation is 1. The fraction of sp³-hybridized carbons (Fsp3) is 0.333. The van der Waals surface area contributed by atoms with Crippen molar-refractivity contribution >= 4 is 28.9 Å². The first-order chi connectivity index (χ1) is 11.0. The van der Waals surface area contributed by atoms with Gasteiger partial charge in [-0.25, -0.2) is 8.78 Å². The van der Waals surface area contributed by atoms with E-state index < -0.39 is 11.8 Å². The van der Waals surface area contributed by atoms with Gasteiger partial charge >= 0.3 is 6.13 Å². The number of halogens is 2. The quantitative estimate of drug-likeness (QED) is 0.772. The Balaban J connectivity index is 1.78. The van der Waals surface area contributed by atoms with Gasteiger partial charge in [-0.15, -0.1) is 0 Å². The maximum Gasteiger partial charge on any atom is 0.355 e. The molecule has 0 aromatic heterocycles. The van der Waals surface area contributed by atoms with Gasteiger partial charge in [-0.05, 0) is 43.1 Å². The summed E-state index contributed by atoms with van der Waals surface area (Å²) in [5, 5.41) is 3.48. The van der Waals surface area contributed by atoms with E-state index in [9.17, 15) is 8.78 Å². The first kappa shape index (κ1) is 16.4. The van der Waals surface area contributed by atoms with E-state index in [1.54, 1.807) is 23.7 Å². The molecule has 1 nitrogen and oxygen atoms in total. The van der Waals surface area contributed by atoms with Gasteiger partial charge in [-0.1, -0.05) is 42.5 Å². The van der Waals surface area contributed by atoms with E-state index in [4.69, 9.17) is 0 Å². The predicted molar refractivity (Wildman–Crippen MR) is 96.8 cm³/mol. The van der Waals surface area contributed by atoms with Gasteiger partial charge in [-0.3, -0.25) is 0 Å². The highest BCUT2D eigenvalue weighted by Crippen LogP contribution is 2.49. The predicted octanol–water partition coefficient (Wildman–Crippen LogP) is 4.67. The van der Waals surface area contributed by atoms with Crippen LogP contribution in [0.3, 0.4) is 0 Å². The molecule has 5 heteroatoms. The molecular weight excluding hydrogens is 311 g/mol. The molecule has 23 heavy (non-hydrogen) atoms. The lowest BCUT2D eigenvalue weighted by atomic mass is 9.79. The van der Waals surface area contributed by atoms with Gasteiger partial charge in [0.2, 0.25) is 0 Å². The van der Waals surface area contributed by atoms with Crippen molar-refractivity contribution in [2.75, 3.05) is 11.5 Å². The van der Waals surface area contributed by atoms with E-state index in [0.717, 1.165) is 11.2 Å². The number of nitrogens with one attached hydrogen (secondary N) is 1. The monoisotopic (exact) mass is 331 g/mol. The lowest BCUT2D eigenvalue weighted by Gasteiger charge is -2.19. The van der Waals surface area contributed by atoms with E-state index >= 15 is 0 Å². The van der Waals surface area contributed by atoms with Crippen LogP contribution in [-0.2, 0) is 5.92 Å². The molecule has 120 valence electrons. The van der Waals surface area contributed by atoms with E-state index in [2.05, 4.69) is 18.2 Å². The lowest BCUT2D eigenvalue weighted by molar-refractivity contribution is -0.0285. The topological polar surface area (TPSA) is 12.0 Å². The zero-order chi connectivity index (χ0) is 16.4. The maximum absolute atomic E-state index is 14.1. The average molecular weight is 331 g/mol. The highest BCUT2D eigenvalue weighted by molar-refractivity contribution is 8.26. The van der Waals surface area contributed by atoms with Crippen molar-refractivity contribution < 1.29 is 8.78 Å². The van der Waals surface area contributed by atoms with Crippen molar-refractivity contribution in [3.63, 3.8) is 0 Å². The largest absolute Gasteiger partial charge is 0.415 e. The lowest BCUT2D eigenvalue weighted by Crippen LogP contribution is -2.35. The molecule has 0 spiro atoms. The summed E-state index contributed by atoms with van der Waals surface area (Å²) in [6.07, 6.45) is 3.33. The van der Waals surface area contributed by atoms with Crippen LogP contribution in [0.25, 0.3) is 0 Å². The standard InChI is InChI=1S/C18H20BF2NS/c1-13-5-3-4-6-17(13)22-19(23-2)16-11-9-15(10-12-16)18(20,21)14-7-8-14/h3-6,9-12,14,22H,7-8H2,1-2H3. The van der Waals surface area contributed by atoms with E-state index in [1.807, 2.05) is 36.6 Å². The van der Waals surface area contributed by atoms with Crippen LogP contribution in [-0.4, -0.2) is 12.4 Å². The van der Waals surface area contributed by atoms with E-state index in [-0.39, 0.29) is 11.7 Å². The third-order valence-electron chi connectivity index (χ3n) is 4.36. The van der Waals surface area contributed by atoms with Gasteiger partial charge in [0, 0.05) is 17.2 Å². The van der Waals surface area contributed by atoms with Crippen LogP contribution in [0, 0.1) is 12.8 Å². The second-order valence-corrected chi connectivity index (χ2v) is 7.04. The van der Waals surface area contributed by atoms with Crippen molar-refractivity contribution in [3.05, 3.63) is 59.7 Å². The number of alkyl halides is 2. The molecule has 0 amide bonds. The van der Waals surface area contributed by atoms with Crippen molar-refractivity contribution in [1.82, 2.24) is 0 Å². The van der Waals surface area contributed by atoms with Crippen molar-refractivity contribution in [2.24, 2.45) is 5.92 Å². The molecule has 1 saturated carbocycles. The molecule has 0 bridgehead atoms. The Labute approximate surface area is 140 Å². The maximum atomic E-state index is 14.1. The van der Waals surface area contributed by atoms with Crippen molar-refractivity contribution in [1.29, 1.82) is 0 Å². The van der Waals surface area contributed by atoms with Crippen LogP contribution < -0.4 is 10.7 Å². The highest BCUT2D eigenvalue weighted by Gasteiger charge is 2.47. The normalized spacial score (nSPS) is 14.6. The molecule has 1 N–H and O–H groups in total. The molecule has 3 rings (SSSR count). The minimum absolute atomic E-state index is 0.0414. The van der Waals surface area contributed by atoms with Crippen LogP contribution in [0.1, 0.15) is 24.0 Å². The number of anilines is 1. The number of rotatable bonds is 6. The van der Waals surface area contributed by atoms with Crippen LogP contribution >= 0.6 is 11.6 Å². The summed E-state index contributed by atoms with van der Waals surface area (Å²) in [6.45, 7) is 2.05. The molecule has 1 fully saturated rings. The van der Waals surface area contributed by atoms with Crippen molar-refractivity contribution in [2.45, 2.75) is 25.7 Å². The van der Waals surface area contributed by atoms with E-state index in [0.29, 0.717) is 12.8 Å². The van der Waals surface area contributed by atoms with Crippen LogP contribution in [0.2, 0.25) is 0 Å². The van der Waals surface area contributed by atoms with Crippen molar-refractivity contribution in [3.8, 4) is 0 Å². The van der Waals surface area contributed by atoms with E-state index in [1.165, 1.54) is 5.56 Å². The summed E-state index contributed by atoms with van der Waals surface area (Å²) in [7, 11) is 0. The van der Waals surface area contributed by atoms with Gasteiger partial charge < -0.3 is 5.23 Å². The molecule has 0 radical (unpaired) electrons. The first-order valence-electron chi connectivity index (χ1n) is 7.85. The number of para-hydroxylation sites is 1. The van der Waals surface area contributed by atoms with Crippen LogP contribution in [0.5, 0.6) is 0 Å². The average Bonchev–Trinajstić information content (AvgIpc) is 3.40. The minimum Gasteiger partial charge on any atom is -0.415 e. The second kappa shape index (κ2) is 6.56. The Hall–Kier alpha value is -1.49. The Morgan fingerprint density at radius 1 is 1.09 bits per heavy atom. The Kier molecular flexibility index (Phi) is 4.67. The molecule has 0 heterocycles. The van der Waals surface area contributed by atoms with Gasteiger partial charge in [0.25, 0.3) is 5.92 Å². The molecule has 2 aromatic rings. The van der Waals surface area contributed by atoms with Gasteiger partial charge in [-0.2, -0.15) is 11.6 Å². The SMILES string of the molecule is CSB(Nc1ccccc1C)c1ccc(C(F)(F)C2CC2)cc1. The molecule has 0 saturated heterocycles. The number of hydrogen-bond acceptors (Lipinski definition) is 2. The zero-order valence-corrected chi connectivity index (χ0v) is 14.2. The summed E-state index contributed by atoms with van der Waals surface area (Å²) in [5.41, 5.74) is 3.39. The third-order valence-corrected chi connectivity index (χ3v) is 5.22. The molecule has 2 aromatic carbocycles. The molecular formula is C18H20BF2NS. The van der Waals surface area contributed by atoms with Gasteiger partial charge in [0.1, 0.15) is 0 Å². The summed E-state index contributed by atoms with van der Waals surface area (Å²) < 4.78 is 28.3. The Morgan fingerprint density at radius 2 is 1.74 bits per heavy atom. The summed E-state index contributed by atoms with van der Waals surface area (Å²) in [6, 6.07) is 14.9. The summed E-state index contributed by atoms with van der Waals surface area (Å²) in [5.74, 6) is -3.15. The first-order valence-corrected chi connectivity index (χ1v) is 9.14. The molecule has 1 aliphatic carbocycles. The molecule has 0 atom stereocenters. The Morgan fingerprint density at radius 3 is 2.30 bits per heavy atom. The fourth-order valence-corrected chi connectivity index (χ4v) is 3.39. The van der Waals surface area contributed by atoms with Crippen LogP contribution in [0.15, 0.2) is 48.5 Å². The number of benzene rings is 2. The van der Waals surface area contributed by atoms with Crippen LogP contribution in [0.4, 0.5) is 14.5 Å². The molecule has 1 aliphatic rings. The second-order valence-electron chi connectivity index (χ2n) is 6.09. The number of hydrogen-bond donors (Lipinski definition) is 1. The highest BCUT2D eigenvalue weighted by atomic mass is 32.2. The fourth-order valence-electron chi connectivity index (χ4n) is 2.72. The minimum atomic E-state index is -2.68.